The highest BCUT2D eigenvalue weighted by molar-refractivity contribution is 7.16. The Morgan fingerprint density at radius 1 is 1.25 bits per heavy atom. The van der Waals surface area contributed by atoms with Gasteiger partial charge in [0.2, 0.25) is 0 Å². The zero-order chi connectivity index (χ0) is 17.9. The zero-order valence-corrected chi connectivity index (χ0v) is 15.2. The van der Waals surface area contributed by atoms with Crippen LogP contribution in [0.2, 0.25) is 0 Å². The molecule has 0 aromatic carbocycles. The molecule has 1 saturated carbocycles. The van der Waals surface area contributed by atoms with Crippen LogP contribution in [-0.2, 0) is 25.5 Å². The van der Waals surface area contributed by atoms with E-state index in [0.29, 0.717) is 22.9 Å². The third kappa shape index (κ3) is 4.14. The minimum absolute atomic E-state index is 0.0800. The van der Waals surface area contributed by atoms with E-state index in [9.17, 15) is 14.4 Å². The lowest BCUT2D eigenvalue weighted by Gasteiger charge is -2.08. The maximum Gasteiger partial charge on any atom is 0.341 e. The van der Waals surface area contributed by atoms with Crippen molar-refractivity contribution in [1.29, 1.82) is 0 Å². The summed E-state index contributed by atoms with van der Waals surface area (Å²) in [5.41, 5.74) is 1.27. The fourth-order valence-electron chi connectivity index (χ4n) is 2.57. The second kappa shape index (κ2) is 7.79. The van der Waals surface area contributed by atoms with E-state index in [-0.39, 0.29) is 25.1 Å². The molecule has 0 unspecified atom stereocenters. The van der Waals surface area contributed by atoms with Gasteiger partial charge >= 0.3 is 11.9 Å². The van der Waals surface area contributed by atoms with E-state index in [1.165, 1.54) is 11.3 Å². The third-order valence-electron chi connectivity index (χ3n) is 4.05. The van der Waals surface area contributed by atoms with E-state index in [1.54, 1.807) is 6.92 Å². The average Bonchev–Trinajstić information content (AvgIpc) is 3.17. The molecular formula is C17H23NO5S. The molecule has 0 aliphatic heterocycles. The number of rotatable bonds is 7. The van der Waals surface area contributed by atoms with Crippen LogP contribution in [-0.4, -0.2) is 31.1 Å². The molecule has 1 N–H and O–H groups in total. The summed E-state index contributed by atoms with van der Waals surface area (Å²) in [4.78, 5) is 36.9. The van der Waals surface area contributed by atoms with Gasteiger partial charge in [0, 0.05) is 4.88 Å². The monoisotopic (exact) mass is 353 g/mol. The Bertz CT molecular complexity index is 652. The molecule has 24 heavy (non-hydrogen) atoms. The van der Waals surface area contributed by atoms with Crippen molar-refractivity contribution in [2.75, 3.05) is 18.5 Å². The molecule has 1 heterocycles. The fourth-order valence-corrected chi connectivity index (χ4v) is 3.72. The second-order valence-corrected chi connectivity index (χ2v) is 7.12. The lowest BCUT2D eigenvalue weighted by molar-refractivity contribution is -0.148. The molecule has 1 amide bonds. The van der Waals surface area contributed by atoms with E-state index in [1.807, 2.05) is 20.8 Å². The van der Waals surface area contributed by atoms with Gasteiger partial charge in [-0.3, -0.25) is 9.59 Å². The molecule has 1 aromatic rings. The number of esters is 2. The summed E-state index contributed by atoms with van der Waals surface area (Å²) in [7, 11) is 0. The summed E-state index contributed by atoms with van der Waals surface area (Å²) < 4.78 is 10.1. The number of nitrogens with one attached hydrogen (secondary N) is 1. The molecule has 2 rings (SSSR count). The first kappa shape index (κ1) is 18.4. The predicted molar refractivity (Wildman–Crippen MR) is 91.3 cm³/mol. The van der Waals surface area contributed by atoms with Gasteiger partial charge in [-0.25, -0.2) is 4.79 Å². The zero-order valence-electron chi connectivity index (χ0n) is 14.4. The van der Waals surface area contributed by atoms with E-state index in [4.69, 9.17) is 9.47 Å². The number of hydrogen-bond donors (Lipinski definition) is 1. The molecular weight excluding hydrogens is 330 g/mol. The van der Waals surface area contributed by atoms with E-state index in [0.717, 1.165) is 16.9 Å². The fraction of sp³-hybridized carbons (Fsp3) is 0.588. The lowest BCUT2D eigenvalue weighted by Crippen LogP contribution is -2.22. The Morgan fingerprint density at radius 2 is 1.92 bits per heavy atom. The van der Waals surface area contributed by atoms with Crippen LogP contribution < -0.4 is 5.32 Å². The molecule has 1 aliphatic carbocycles. The minimum atomic E-state index is -0.453. The molecule has 2 atom stereocenters. The van der Waals surface area contributed by atoms with Gasteiger partial charge < -0.3 is 14.8 Å². The van der Waals surface area contributed by atoms with Crippen molar-refractivity contribution in [2.45, 2.75) is 40.5 Å². The number of ether oxygens (including phenoxy) is 2. The van der Waals surface area contributed by atoms with Crippen LogP contribution >= 0.6 is 11.3 Å². The van der Waals surface area contributed by atoms with Gasteiger partial charge in [0.05, 0.1) is 18.1 Å². The minimum Gasteiger partial charge on any atom is -0.462 e. The normalized spacial score (nSPS) is 18.8. The Balaban J connectivity index is 2.03. The van der Waals surface area contributed by atoms with Gasteiger partial charge in [0.25, 0.3) is 5.91 Å². The van der Waals surface area contributed by atoms with Gasteiger partial charge in [-0.05, 0) is 38.2 Å². The van der Waals surface area contributed by atoms with Crippen molar-refractivity contribution in [3.8, 4) is 0 Å². The largest absolute Gasteiger partial charge is 0.462 e. The van der Waals surface area contributed by atoms with Crippen molar-refractivity contribution < 1.29 is 23.9 Å². The molecule has 1 fully saturated rings. The molecule has 6 nitrogen and oxygen atoms in total. The highest BCUT2D eigenvalue weighted by Gasteiger charge is 2.40. The van der Waals surface area contributed by atoms with Gasteiger partial charge in [0.15, 0.2) is 6.61 Å². The standard InChI is InChI=1S/C17H23NO5S/c1-5-11-10(4)24-15(14(11)17(21)22-6-2)18-13(19)8-23-16(20)12-7-9(12)3/h9,12H,5-8H2,1-4H3,(H,18,19)/t9-,12-/m0/s1. The molecule has 132 valence electrons. The molecule has 0 spiro atoms. The Hall–Kier alpha value is -1.89. The SMILES string of the molecule is CCOC(=O)c1c(NC(=O)COC(=O)[C@H]2C[C@@H]2C)sc(C)c1CC. The van der Waals surface area contributed by atoms with E-state index >= 15 is 0 Å². The molecule has 0 bridgehead atoms. The topological polar surface area (TPSA) is 81.7 Å². The van der Waals surface area contributed by atoms with Crippen molar-refractivity contribution in [2.24, 2.45) is 11.8 Å². The summed E-state index contributed by atoms with van der Waals surface area (Å²) in [6, 6.07) is 0. The Labute approximate surface area is 145 Å². The van der Waals surface area contributed by atoms with Gasteiger partial charge in [-0.2, -0.15) is 0 Å². The van der Waals surface area contributed by atoms with E-state index in [2.05, 4.69) is 5.32 Å². The van der Waals surface area contributed by atoms with E-state index < -0.39 is 11.9 Å². The Kier molecular flexibility index (Phi) is 5.99. The number of anilines is 1. The van der Waals surface area contributed by atoms with Crippen molar-refractivity contribution in [1.82, 2.24) is 0 Å². The maximum atomic E-state index is 12.2. The summed E-state index contributed by atoms with van der Waals surface area (Å²) in [6.45, 7) is 7.47. The average molecular weight is 353 g/mol. The summed E-state index contributed by atoms with van der Waals surface area (Å²) >= 11 is 1.33. The molecule has 7 heteroatoms. The molecule has 1 aromatic heterocycles. The molecule has 0 radical (unpaired) electrons. The predicted octanol–water partition coefficient (Wildman–Crippen LogP) is 2.93. The van der Waals surface area contributed by atoms with Crippen molar-refractivity contribution >= 4 is 34.2 Å². The number of aryl methyl sites for hydroxylation is 1. The van der Waals surface area contributed by atoms with Crippen molar-refractivity contribution in [3.63, 3.8) is 0 Å². The van der Waals surface area contributed by atoms with Gasteiger partial charge in [0.1, 0.15) is 5.00 Å². The maximum absolute atomic E-state index is 12.2. The highest BCUT2D eigenvalue weighted by Crippen LogP contribution is 2.38. The number of thiophene rings is 1. The second-order valence-electron chi connectivity index (χ2n) is 5.89. The third-order valence-corrected chi connectivity index (χ3v) is 5.12. The first-order valence-corrected chi connectivity index (χ1v) is 8.96. The summed E-state index contributed by atoms with van der Waals surface area (Å²) in [5.74, 6) is -0.976. The van der Waals surface area contributed by atoms with Crippen LogP contribution in [0.1, 0.15) is 48.0 Å². The van der Waals surface area contributed by atoms with Gasteiger partial charge in [-0.15, -0.1) is 11.3 Å². The highest BCUT2D eigenvalue weighted by atomic mass is 32.1. The number of hydrogen-bond acceptors (Lipinski definition) is 6. The Morgan fingerprint density at radius 3 is 2.46 bits per heavy atom. The first-order chi connectivity index (χ1) is 11.4. The van der Waals surface area contributed by atoms with Crippen LogP contribution in [0.4, 0.5) is 5.00 Å². The quantitative estimate of drug-likeness (QED) is 0.762. The van der Waals surface area contributed by atoms with Crippen LogP contribution in [0.3, 0.4) is 0 Å². The van der Waals surface area contributed by atoms with Gasteiger partial charge in [-0.1, -0.05) is 13.8 Å². The van der Waals surface area contributed by atoms with Crippen LogP contribution in [0.5, 0.6) is 0 Å². The summed E-state index contributed by atoms with van der Waals surface area (Å²) in [5, 5.41) is 3.12. The summed E-state index contributed by atoms with van der Waals surface area (Å²) in [6.07, 6.45) is 1.48. The number of amides is 1. The van der Waals surface area contributed by atoms with Crippen LogP contribution in [0, 0.1) is 18.8 Å². The number of carbonyl (C=O) groups excluding carboxylic acids is 3. The smallest absolute Gasteiger partial charge is 0.341 e. The molecule has 0 saturated heterocycles. The number of carbonyl (C=O) groups is 3. The van der Waals surface area contributed by atoms with Crippen LogP contribution in [0.25, 0.3) is 0 Å². The van der Waals surface area contributed by atoms with Crippen LogP contribution in [0.15, 0.2) is 0 Å². The lowest BCUT2D eigenvalue weighted by atomic mass is 10.1. The first-order valence-electron chi connectivity index (χ1n) is 8.14. The molecule has 1 aliphatic rings. The van der Waals surface area contributed by atoms with Crippen molar-refractivity contribution in [3.05, 3.63) is 16.0 Å².